The fraction of sp³-hybridized carbons (Fsp3) is 0.0714. The monoisotopic (exact) mass is 262 g/mol. The van der Waals surface area contributed by atoms with Gasteiger partial charge in [-0.1, -0.05) is 35.9 Å². The molecule has 0 radical (unpaired) electrons. The Labute approximate surface area is 109 Å². The number of hydrogen-bond donors (Lipinski definition) is 0. The average Bonchev–Trinajstić information content (AvgIpc) is 2.64. The lowest BCUT2D eigenvalue weighted by atomic mass is 10.0. The van der Waals surface area contributed by atoms with Crippen LogP contribution >= 0.6 is 23.2 Å². The first-order valence-corrected chi connectivity index (χ1v) is 6.03. The average molecular weight is 263 g/mol. The zero-order chi connectivity index (χ0) is 12.0. The molecule has 0 spiro atoms. The van der Waals surface area contributed by atoms with Crippen molar-refractivity contribution in [3.05, 3.63) is 58.1 Å². The Morgan fingerprint density at radius 2 is 1.82 bits per heavy atom. The van der Waals surface area contributed by atoms with E-state index in [4.69, 9.17) is 23.2 Å². The molecule has 1 aliphatic rings. The number of hydrogen-bond acceptors (Lipinski definition) is 1. The van der Waals surface area contributed by atoms with Crippen LogP contribution in [0, 0.1) is 0 Å². The molecule has 0 aromatic heterocycles. The molecule has 2 aromatic carbocycles. The minimum Gasteiger partial charge on any atom is -0.276 e. The van der Waals surface area contributed by atoms with Crippen LogP contribution < -0.4 is 0 Å². The summed E-state index contributed by atoms with van der Waals surface area (Å²) in [4.78, 5) is 11.3. The number of carbonyl (C=O) groups is 1. The second-order valence-corrected chi connectivity index (χ2v) is 4.85. The highest BCUT2D eigenvalue weighted by molar-refractivity contribution is 6.68. The van der Waals surface area contributed by atoms with E-state index in [-0.39, 0.29) is 0 Å². The molecule has 0 saturated heterocycles. The van der Waals surface area contributed by atoms with Crippen molar-refractivity contribution in [3.63, 3.8) is 0 Å². The minimum atomic E-state index is -0.512. The van der Waals surface area contributed by atoms with E-state index in [9.17, 15) is 4.79 Å². The lowest BCUT2D eigenvalue weighted by Crippen LogP contribution is -1.92. The highest BCUT2D eigenvalue weighted by Crippen LogP contribution is 2.39. The smallest absolute Gasteiger partial charge is 0.253 e. The van der Waals surface area contributed by atoms with Crippen molar-refractivity contribution in [2.45, 2.75) is 6.42 Å². The molecule has 0 unspecified atom stereocenters. The van der Waals surface area contributed by atoms with E-state index in [0.29, 0.717) is 10.6 Å². The van der Waals surface area contributed by atoms with Crippen molar-refractivity contribution in [1.82, 2.24) is 0 Å². The van der Waals surface area contributed by atoms with Crippen molar-refractivity contribution < 1.29 is 4.79 Å². The third kappa shape index (κ3) is 1.67. The van der Waals surface area contributed by atoms with Crippen molar-refractivity contribution in [2.75, 3.05) is 0 Å². The predicted molar refractivity (Wildman–Crippen MR) is 69.9 cm³/mol. The van der Waals surface area contributed by atoms with E-state index in [2.05, 4.69) is 12.1 Å². The fourth-order valence-corrected chi connectivity index (χ4v) is 2.78. The van der Waals surface area contributed by atoms with Crippen LogP contribution in [0.15, 0.2) is 36.4 Å². The van der Waals surface area contributed by atoms with Gasteiger partial charge in [0.05, 0.1) is 10.6 Å². The minimum absolute atomic E-state index is 0.379. The Morgan fingerprint density at radius 1 is 1.06 bits per heavy atom. The number of benzene rings is 2. The van der Waals surface area contributed by atoms with Crippen LogP contribution in [0.3, 0.4) is 0 Å². The number of carbonyl (C=O) groups excluding carboxylic acids is 1. The summed E-state index contributed by atoms with van der Waals surface area (Å²) in [5, 5.41) is -0.0845. The first kappa shape index (κ1) is 10.8. The first-order chi connectivity index (χ1) is 8.16. The third-order valence-corrected chi connectivity index (χ3v) is 3.61. The molecular formula is C14H8Cl2O. The molecule has 0 atom stereocenters. The van der Waals surface area contributed by atoms with Gasteiger partial charge < -0.3 is 0 Å². The van der Waals surface area contributed by atoms with Crippen molar-refractivity contribution in [3.8, 4) is 11.1 Å². The second-order valence-electron chi connectivity index (χ2n) is 4.10. The van der Waals surface area contributed by atoms with Crippen LogP contribution in [0.5, 0.6) is 0 Å². The maximum absolute atomic E-state index is 11.3. The number of fused-ring (bicyclic) bond motifs is 3. The first-order valence-electron chi connectivity index (χ1n) is 5.27. The molecule has 0 N–H and O–H groups in total. The summed E-state index contributed by atoms with van der Waals surface area (Å²) in [5.74, 6) is 0. The lowest BCUT2D eigenvalue weighted by molar-refractivity contribution is 0.108. The van der Waals surface area contributed by atoms with Crippen LogP contribution in [0.25, 0.3) is 11.1 Å². The van der Waals surface area contributed by atoms with Crippen LogP contribution in [0.1, 0.15) is 21.5 Å². The summed E-state index contributed by atoms with van der Waals surface area (Å²) in [6.45, 7) is 0. The van der Waals surface area contributed by atoms with Crippen LogP contribution in [0.4, 0.5) is 0 Å². The van der Waals surface area contributed by atoms with Crippen molar-refractivity contribution >= 4 is 28.4 Å². The summed E-state index contributed by atoms with van der Waals surface area (Å²) in [6.07, 6.45) is 0.863. The Kier molecular flexibility index (Phi) is 2.46. The Bertz CT molecular complexity index is 632. The summed E-state index contributed by atoms with van der Waals surface area (Å²) in [5.41, 5.74) is 5.02. The fourth-order valence-electron chi connectivity index (χ4n) is 2.30. The van der Waals surface area contributed by atoms with Gasteiger partial charge in [-0.25, -0.2) is 0 Å². The maximum atomic E-state index is 11.3. The third-order valence-electron chi connectivity index (χ3n) is 3.09. The van der Waals surface area contributed by atoms with Crippen LogP contribution in [-0.4, -0.2) is 5.24 Å². The summed E-state index contributed by atoms with van der Waals surface area (Å²) in [6, 6.07) is 11.8. The molecule has 0 bridgehead atoms. The number of halogens is 2. The van der Waals surface area contributed by atoms with Crippen LogP contribution in [0.2, 0.25) is 5.02 Å². The molecule has 1 aliphatic carbocycles. The molecule has 0 heterocycles. The Morgan fingerprint density at radius 3 is 2.59 bits per heavy atom. The van der Waals surface area contributed by atoms with Gasteiger partial charge in [0, 0.05) is 0 Å². The Hall–Kier alpha value is -1.31. The van der Waals surface area contributed by atoms with Gasteiger partial charge in [0.15, 0.2) is 0 Å². The van der Waals surface area contributed by atoms with E-state index >= 15 is 0 Å². The van der Waals surface area contributed by atoms with E-state index in [1.807, 2.05) is 18.2 Å². The van der Waals surface area contributed by atoms with Gasteiger partial charge in [0.2, 0.25) is 0 Å². The maximum Gasteiger partial charge on any atom is 0.253 e. The van der Waals surface area contributed by atoms with Crippen molar-refractivity contribution in [2.24, 2.45) is 0 Å². The summed E-state index contributed by atoms with van der Waals surface area (Å²) < 4.78 is 0. The van der Waals surface area contributed by atoms with Crippen LogP contribution in [-0.2, 0) is 6.42 Å². The molecule has 3 rings (SSSR count). The SMILES string of the molecule is O=C(Cl)c1cc2c(cc1Cl)Cc1ccccc1-2. The van der Waals surface area contributed by atoms with Gasteiger partial charge >= 0.3 is 0 Å². The number of rotatable bonds is 1. The lowest BCUT2D eigenvalue weighted by Gasteiger charge is -2.04. The molecule has 0 aliphatic heterocycles. The zero-order valence-corrected chi connectivity index (χ0v) is 10.3. The molecule has 84 valence electrons. The van der Waals surface area contributed by atoms with E-state index in [1.165, 1.54) is 11.1 Å². The van der Waals surface area contributed by atoms with Gasteiger partial charge in [0.25, 0.3) is 5.24 Å². The largest absolute Gasteiger partial charge is 0.276 e. The molecule has 17 heavy (non-hydrogen) atoms. The van der Waals surface area contributed by atoms with Gasteiger partial charge in [-0.2, -0.15) is 0 Å². The summed E-state index contributed by atoms with van der Waals surface area (Å²) >= 11 is 11.6. The van der Waals surface area contributed by atoms with E-state index < -0.39 is 5.24 Å². The normalized spacial score (nSPS) is 12.1. The Balaban J connectivity index is 2.26. The van der Waals surface area contributed by atoms with Gasteiger partial charge in [-0.15, -0.1) is 0 Å². The molecule has 1 nitrogen and oxygen atoms in total. The highest BCUT2D eigenvalue weighted by Gasteiger charge is 2.21. The van der Waals surface area contributed by atoms with E-state index in [0.717, 1.165) is 17.5 Å². The standard InChI is InChI=1S/C14H8Cl2O/c15-13-6-9-5-8-3-1-2-4-10(8)11(9)7-12(13)14(16)17/h1-4,6-7H,5H2. The summed E-state index contributed by atoms with van der Waals surface area (Å²) in [7, 11) is 0. The van der Waals surface area contributed by atoms with Gasteiger partial charge in [-0.3, -0.25) is 4.79 Å². The second kappa shape index (κ2) is 3.86. The molecule has 0 fully saturated rings. The molecule has 3 heteroatoms. The molecule has 2 aromatic rings. The zero-order valence-electron chi connectivity index (χ0n) is 8.84. The van der Waals surface area contributed by atoms with Crippen molar-refractivity contribution in [1.29, 1.82) is 0 Å². The highest BCUT2D eigenvalue weighted by atomic mass is 35.5. The quantitative estimate of drug-likeness (QED) is 0.598. The predicted octanol–water partition coefficient (Wildman–Crippen LogP) is 4.29. The topological polar surface area (TPSA) is 17.1 Å². The molecule has 0 saturated carbocycles. The molecule has 0 amide bonds. The van der Waals surface area contributed by atoms with Gasteiger partial charge in [0.1, 0.15) is 0 Å². The van der Waals surface area contributed by atoms with Gasteiger partial charge in [-0.05, 0) is 52.4 Å². The van der Waals surface area contributed by atoms with E-state index in [1.54, 1.807) is 6.07 Å². The molecular weight excluding hydrogens is 255 g/mol.